The van der Waals surface area contributed by atoms with Gasteiger partial charge in [-0.3, -0.25) is 9.59 Å². The van der Waals surface area contributed by atoms with Crippen molar-refractivity contribution in [1.29, 1.82) is 0 Å². The van der Waals surface area contributed by atoms with Crippen molar-refractivity contribution in [2.24, 2.45) is 10.7 Å². The van der Waals surface area contributed by atoms with Gasteiger partial charge in [0.25, 0.3) is 5.91 Å². The van der Waals surface area contributed by atoms with Gasteiger partial charge in [0.2, 0.25) is 5.91 Å². The number of aliphatic imine (C=N–C) groups is 1. The standard InChI is InChI=1S/C25H27N5O2/c1-18-7-9-19(10-8-18)15-28-25(30-22-5-3-2-4-6-22)29-16-20-11-13-21(14-12-20)24(32)27-17-23(26)31/h2-14H,15-17H2,1H3,(H2,26,31)(H,27,32)(H2,28,29,30). The third-order valence-corrected chi connectivity index (χ3v) is 4.68. The molecule has 0 radical (unpaired) electrons. The molecule has 0 saturated carbocycles. The molecule has 0 saturated heterocycles. The molecule has 0 bridgehead atoms. The van der Waals surface area contributed by atoms with Gasteiger partial charge in [-0.05, 0) is 42.3 Å². The third kappa shape index (κ3) is 7.28. The van der Waals surface area contributed by atoms with Crippen molar-refractivity contribution in [2.75, 3.05) is 11.9 Å². The fourth-order valence-corrected chi connectivity index (χ4v) is 2.89. The van der Waals surface area contributed by atoms with Gasteiger partial charge >= 0.3 is 0 Å². The third-order valence-electron chi connectivity index (χ3n) is 4.68. The Morgan fingerprint density at radius 2 is 1.50 bits per heavy atom. The van der Waals surface area contributed by atoms with Crippen molar-refractivity contribution in [3.63, 3.8) is 0 Å². The lowest BCUT2D eigenvalue weighted by atomic mass is 10.1. The summed E-state index contributed by atoms with van der Waals surface area (Å²) in [5.74, 6) is -0.272. The van der Waals surface area contributed by atoms with Crippen LogP contribution in [0.1, 0.15) is 27.0 Å². The predicted molar refractivity (Wildman–Crippen MR) is 127 cm³/mol. The second kappa shape index (κ2) is 11.3. The van der Waals surface area contributed by atoms with Crippen LogP contribution in [0.25, 0.3) is 0 Å². The number of para-hydroxylation sites is 1. The van der Waals surface area contributed by atoms with Gasteiger partial charge in [0.1, 0.15) is 0 Å². The Hall–Kier alpha value is -4.13. The quantitative estimate of drug-likeness (QED) is 0.326. The summed E-state index contributed by atoms with van der Waals surface area (Å²) >= 11 is 0. The first-order valence-corrected chi connectivity index (χ1v) is 10.3. The van der Waals surface area contributed by atoms with Crippen LogP contribution in [0.5, 0.6) is 0 Å². The Bertz CT molecular complexity index is 1060. The number of guanidine groups is 1. The van der Waals surface area contributed by atoms with Crippen molar-refractivity contribution in [3.8, 4) is 0 Å². The summed E-state index contributed by atoms with van der Waals surface area (Å²) in [5, 5.41) is 9.15. The molecule has 0 atom stereocenters. The fourth-order valence-electron chi connectivity index (χ4n) is 2.89. The lowest BCUT2D eigenvalue weighted by Gasteiger charge is -2.13. The highest BCUT2D eigenvalue weighted by Crippen LogP contribution is 2.09. The lowest BCUT2D eigenvalue weighted by molar-refractivity contribution is -0.117. The van der Waals surface area contributed by atoms with E-state index in [0.717, 1.165) is 16.8 Å². The number of benzene rings is 3. The number of hydrogen-bond donors (Lipinski definition) is 4. The largest absolute Gasteiger partial charge is 0.368 e. The first-order chi connectivity index (χ1) is 15.5. The van der Waals surface area contributed by atoms with Gasteiger partial charge in [0.05, 0.1) is 13.1 Å². The van der Waals surface area contributed by atoms with Crippen LogP contribution in [0.4, 0.5) is 5.69 Å². The van der Waals surface area contributed by atoms with Crippen LogP contribution in [0, 0.1) is 6.92 Å². The summed E-state index contributed by atoms with van der Waals surface area (Å²) in [7, 11) is 0. The minimum atomic E-state index is -0.583. The van der Waals surface area contributed by atoms with Crippen LogP contribution < -0.4 is 21.7 Å². The van der Waals surface area contributed by atoms with Crippen molar-refractivity contribution < 1.29 is 9.59 Å². The number of carbonyl (C=O) groups excluding carboxylic acids is 2. The SMILES string of the molecule is Cc1ccc(CNC(=NCc2ccc(C(=O)NCC(N)=O)cc2)Nc2ccccc2)cc1. The molecule has 3 aromatic carbocycles. The number of nitrogens with two attached hydrogens (primary N) is 1. The molecule has 0 spiro atoms. The molecule has 5 N–H and O–H groups in total. The molecule has 164 valence electrons. The summed E-state index contributed by atoms with van der Waals surface area (Å²) in [5.41, 5.74) is 9.77. The van der Waals surface area contributed by atoms with E-state index in [-0.39, 0.29) is 12.5 Å². The van der Waals surface area contributed by atoms with Crippen molar-refractivity contribution >= 4 is 23.5 Å². The van der Waals surface area contributed by atoms with Gasteiger partial charge in [-0.15, -0.1) is 0 Å². The van der Waals surface area contributed by atoms with E-state index >= 15 is 0 Å². The molecule has 7 nitrogen and oxygen atoms in total. The summed E-state index contributed by atoms with van der Waals surface area (Å²) in [6.07, 6.45) is 0. The molecule has 3 rings (SSSR count). The molecule has 0 unspecified atom stereocenters. The van der Waals surface area contributed by atoms with E-state index in [0.29, 0.717) is 24.6 Å². The molecule has 0 aromatic heterocycles. The van der Waals surface area contributed by atoms with E-state index in [1.807, 2.05) is 42.5 Å². The minimum absolute atomic E-state index is 0.188. The molecule has 0 aliphatic heterocycles. The number of nitrogens with one attached hydrogen (secondary N) is 3. The number of aryl methyl sites for hydroxylation is 1. The highest BCUT2D eigenvalue weighted by Gasteiger charge is 2.06. The number of anilines is 1. The second-order valence-electron chi connectivity index (χ2n) is 7.34. The van der Waals surface area contributed by atoms with E-state index < -0.39 is 5.91 Å². The maximum absolute atomic E-state index is 12.0. The zero-order chi connectivity index (χ0) is 22.8. The number of hydrogen-bond acceptors (Lipinski definition) is 3. The number of amides is 2. The minimum Gasteiger partial charge on any atom is -0.368 e. The van der Waals surface area contributed by atoms with Crippen LogP contribution in [0.2, 0.25) is 0 Å². The fraction of sp³-hybridized carbons (Fsp3) is 0.160. The Labute approximate surface area is 187 Å². The average molecular weight is 430 g/mol. The molecule has 0 heterocycles. The Balaban J connectivity index is 1.66. The zero-order valence-electron chi connectivity index (χ0n) is 18.0. The van der Waals surface area contributed by atoms with Gasteiger partial charge in [0, 0.05) is 17.8 Å². The van der Waals surface area contributed by atoms with Crippen molar-refractivity contribution in [3.05, 3.63) is 101 Å². The van der Waals surface area contributed by atoms with E-state index in [1.165, 1.54) is 5.56 Å². The maximum Gasteiger partial charge on any atom is 0.251 e. The zero-order valence-corrected chi connectivity index (χ0v) is 18.0. The maximum atomic E-state index is 12.0. The van der Waals surface area contributed by atoms with Gasteiger partial charge in [-0.2, -0.15) is 0 Å². The first kappa shape index (κ1) is 22.6. The summed E-state index contributed by atoms with van der Waals surface area (Å²) in [6.45, 7) is 2.94. The number of rotatable bonds is 8. The first-order valence-electron chi connectivity index (χ1n) is 10.3. The second-order valence-corrected chi connectivity index (χ2v) is 7.34. The molecule has 0 aliphatic rings. The van der Waals surface area contributed by atoms with E-state index in [4.69, 9.17) is 5.73 Å². The highest BCUT2D eigenvalue weighted by molar-refractivity contribution is 5.96. The molecular weight excluding hydrogens is 402 g/mol. The molecular formula is C25H27N5O2. The van der Waals surface area contributed by atoms with Crippen LogP contribution >= 0.6 is 0 Å². The van der Waals surface area contributed by atoms with Crippen molar-refractivity contribution in [2.45, 2.75) is 20.0 Å². The molecule has 7 heteroatoms. The van der Waals surface area contributed by atoms with Gasteiger partial charge in [0.15, 0.2) is 5.96 Å². The molecule has 0 fully saturated rings. The Morgan fingerprint density at radius 1 is 0.844 bits per heavy atom. The normalized spacial score (nSPS) is 11.0. The number of carbonyl (C=O) groups is 2. The summed E-state index contributed by atoms with van der Waals surface area (Å²) < 4.78 is 0. The van der Waals surface area contributed by atoms with Crippen LogP contribution in [-0.2, 0) is 17.9 Å². The van der Waals surface area contributed by atoms with Crippen LogP contribution in [-0.4, -0.2) is 24.3 Å². The van der Waals surface area contributed by atoms with E-state index in [9.17, 15) is 9.59 Å². The molecule has 2 amide bonds. The lowest BCUT2D eigenvalue weighted by Crippen LogP contribution is -2.33. The number of primary amides is 1. The Morgan fingerprint density at radius 3 is 2.16 bits per heavy atom. The number of nitrogens with zero attached hydrogens (tertiary/aromatic N) is 1. The average Bonchev–Trinajstić information content (AvgIpc) is 2.81. The smallest absolute Gasteiger partial charge is 0.251 e. The molecule has 0 aliphatic carbocycles. The summed E-state index contributed by atoms with van der Waals surface area (Å²) in [4.78, 5) is 27.5. The predicted octanol–water partition coefficient (Wildman–Crippen LogP) is 2.97. The molecule has 32 heavy (non-hydrogen) atoms. The molecule has 3 aromatic rings. The topological polar surface area (TPSA) is 109 Å². The van der Waals surface area contributed by atoms with Crippen LogP contribution in [0.15, 0.2) is 83.9 Å². The monoisotopic (exact) mass is 429 g/mol. The van der Waals surface area contributed by atoms with Gasteiger partial charge in [-0.25, -0.2) is 4.99 Å². The van der Waals surface area contributed by atoms with Gasteiger partial charge in [-0.1, -0.05) is 60.2 Å². The van der Waals surface area contributed by atoms with Gasteiger partial charge < -0.3 is 21.7 Å². The van der Waals surface area contributed by atoms with E-state index in [2.05, 4.69) is 52.1 Å². The summed E-state index contributed by atoms with van der Waals surface area (Å²) in [6, 6.07) is 25.2. The highest BCUT2D eigenvalue weighted by atomic mass is 16.2. The Kier molecular flexibility index (Phi) is 7.97. The van der Waals surface area contributed by atoms with E-state index in [1.54, 1.807) is 12.1 Å². The van der Waals surface area contributed by atoms with Crippen LogP contribution in [0.3, 0.4) is 0 Å². The van der Waals surface area contributed by atoms with Crippen molar-refractivity contribution in [1.82, 2.24) is 10.6 Å².